The van der Waals surface area contributed by atoms with Crippen molar-refractivity contribution in [1.82, 2.24) is 0 Å². The molecule has 5 nitrogen and oxygen atoms in total. The molecule has 0 aromatic rings. The second-order valence-corrected chi connectivity index (χ2v) is 27.0. The lowest BCUT2D eigenvalue weighted by Gasteiger charge is -2.45. The summed E-state index contributed by atoms with van der Waals surface area (Å²) in [6.45, 7) is 36.1. The number of hydrogen-bond acceptors (Lipinski definition) is 5. The molecule has 0 aliphatic heterocycles. The lowest BCUT2D eigenvalue weighted by molar-refractivity contribution is -0.154. The Labute approximate surface area is 278 Å². The predicted molar refractivity (Wildman–Crippen MR) is 193 cm³/mol. The van der Waals surface area contributed by atoms with Crippen molar-refractivity contribution in [3.63, 3.8) is 0 Å². The smallest absolute Gasteiger partial charge is 0.332 e. The highest BCUT2D eigenvalue weighted by molar-refractivity contribution is 6.74. The van der Waals surface area contributed by atoms with Crippen LogP contribution in [0.2, 0.25) is 36.3 Å². The van der Waals surface area contributed by atoms with E-state index in [0.29, 0.717) is 5.92 Å². The maximum Gasteiger partial charge on any atom is 0.332 e. The summed E-state index contributed by atoms with van der Waals surface area (Å²) in [5, 5.41) is 0.278. The highest BCUT2D eigenvalue weighted by atomic mass is 28.4. The van der Waals surface area contributed by atoms with E-state index in [4.69, 9.17) is 18.3 Å². The van der Waals surface area contributed by atoms with Crippen LogP contribution < -0.4 is 0 Å². The van der Waals surface area contributed by atoms with E-state index in [1.54, 1.807) is 0 Å². The number of allylic oxidation sites excluding steroid dienone is 4. The van der Waals surface area contributed by atoms with E-state index < -0.39 is 16.6 Å². The van der Waals surface area contributed by atoms with Crippen LogP contribution in [-0.4, -0.2) is 53.6 Å². The van der Waals surface area contributed by atoms with E-state index in [2.05, 4.69) is 106 Å². The average Bonchev–Trinajstić information content (AvgIpc) is 3.23. The topological polar surface area (TPSA) is 54.0 Å². The Bertz CT molecular complexity index is 1180. The summed E-state index contributed by atoms with van der Waals surface area (Å²) < 4.78 is 25.4. The molecule has 3 aliphatic carbocycles. The molecule has 0 radical (unpaired) electrons. The van der Waals surface area contributed by atoms with E-state index in [1.807, 2.05) is 13.8 Å². The molecular weight excluding hydrogens is 593 g/mol. The second kappa shape index (κ2) is 14.1. The van der Waals surface area contributed by atoms with Crippen LogP contribution in [0.5, 0.6) is 0 Å². The van der Waals surface area contributed by atoms with Crippen molar-refractivity contribution in [3.05, 3.63) is 47.1 Å². The predicted octanol–water partition coefficient (Wildman–Crippen LogP) is 10.5. The summed E-state index contributed by atoms with van der Waals surface area (Å²) in [5.74, 6) is 0.148. The van der Waals surface area contributed by atoms with Crippen LogP contribution in [0.25, 0.3) is 0 Å². The van der Waals surface area contributed by atoms with Crippen molar-refractivity contribution in [2.75, 3.05) is 6.61 Å². The number of fused-ring (bicyclic) bond motifs is 1. The normalized spacial score (nSPS) is 29.3. The van der Waals surface area contributed by atoms with E-state index in [1.165, 1.54) is 16.7 Å². The highest BCUT2D eigenvalue weighted by Gasteiger charge is 2.47. The SMILES string of the molecule is C=C1C(=CC=C2CCC[C@]3(C)C([C@H](C)OCC(=O)OC(C)C)=CC[C@@H]23)C[C@@H](O[Si](C)(C)C(C)(C)C)C[C@@H]1O[Si](C)(C)C(C)(C)C. The van der Waals surface area contributed by atoms with Gasteiger partial charge in [0.25, 0.3) is 0 Å². The lowest BCUT2D eigenvalue weighted by Crippen LogP contribution is -2.49. The zero-order valence-corrected chi connectivity index (χ0v) is 33.3. The largest absolute Gasteiger partial charge is 0.461 e. The Balaban J connectivity index is 1.86. The van der Waals surface area contributed by atoms with Gasteiger partial charge in [-0.05, 0) is 117 Å². The fourth-order valence-electron chi connectivity index (χ4n) is 6.83. The first kappa shape index (κ1) is 38.2. The molecule has 256 valence electrons. The standard InChI is InChI=1S/C38H66O5Si2/c1-26(2)41-35(39)25-40-28(4)32-20-21-33-29(17-16-22-38(32,33)11)18-19-30-23-31(42-44(12,13)36(5,6)7)24-34(27(30)3)43-45(14,15)37(8,9)10/h18-20,26,28,31,33-34H,3,16-17,21-25H2,1-2,4-15H3/t28-,31+,33-,34-,38+/m0/s1. The van der Waals surface area contributed by atoms with Gasteiger partial charge in [-0.3, -0.25) is 0 Å². The lowest BCUT2D eigenvalue weighted by atomic mass is 9.63. The van der Waals surface area contributed by atoms with Gasteiger partial charge in [0, 0.05) is 6.42 Å². The first-order valence-electron chi connectivity index (χ1n) is 17.4. The van der Waals surface area contributed by atoms with Gasteiger partial charge in [0.15, 0.2) is 16.6 Å². The molecule has 0 spiro atoms. The Hall–Kier alpha value is -1.26. The van der Waals surface area contributed by atoms with Crippen LogP contribution in [0, 0.1) is 11.3 Å². The fraction of sp³-hybridized carbons (Fsp3) is 0.763. The van der Waals surface area contributed by atoms with E-state index >= 15 is 0 Å². The molecule has 45 heavy (non-hydrogen) atoms. The molecule has 0 bridgehead atoms. The van der Waals surface area contributed by atoms with E-state index in [9.17, 15) is 4.79 Å². The summed E-state index contributed by atoms with van der Waals surface area (Å²) in [5.41, 5.74) is 5.29. The van der Waals surface area contributed by atoms with Crippen LogP contribution in [0.15, 0.2) is 47.1 Å². The molecule has 3 aliphatic rings. The maximum atomic E-state index is 12.1. The number of carbonyl (C=O) groups excluding carboxylic acids is 1. The molecule has 0 heterocycles. The number of rotatable bonds is 10. The molecule has 0 aromatic carbocycles. The number of carbonyl (C=O) groups is 1. The minimum Gasteiger partial charge on any atom is -0.461 e. The van der Waals surface area contributed by atoms with Crippen LogP contribution in [0.3, 0.4) is 0 Å². The van der Waals surface area contributed by atoms with Gasteiger partial charge in [-0.1, -0.05) is 78.8 Å². The van der Waals surface area contributed by atoms with Crippen LogP contribution in [-0.2, 0) is 23.1 Å². The molecule has 2 fully saturated rings. The third kappa shape index (κ3) is 9.01. The molecule has 0 amide bonds. The Morgan fingerprint density at radius 2 is 1.62 bits per heavy atom. The first-order chi connectivity index (χ1) is 20.5. The minimum absolute atomic E-state index is 0.00936. The molecule has 7 heteroatoms. The zero-order chi connectivity index (χ0) is 34.2. The Kier molecular flexibility index (Phi) is 11.9. The van der Waals surface area contributed by atoms with E-state index in [-0.39, 0.29) is 52.5 Å². The molecule has 0 unspecified atom stereocenters. The third-order valence-corrected chi connectivity index (χ3v) is 20.6. The van der Waals surface area contributed by atoms with Gasteiger partial charge in [0.2, 0.25) is 0 Å². The molecule has 0 aromatic heterocycles. The quantitative estimate of drug-likeness (QED) is 0.133. The van der Waals surface area contributed by atoms with Crippen LogP contribution in [0.1, 0.15) is 108 Å². The van der Waals surface area contributed by atoms with Gasteiger partial charge in [0.1, 0.15) is 6.61 Å². The molecule has 3 rings (SSSR count). The summed E-state index contributed by atoms with van der Waals surface area (Å²) in [4.78, 5) is 12.1. The van der Waals surface area contributed by atoms with Crippen molar-refractivity contribution in [3.8, 4) is 0 Å². The molecule has 2 saturated carbocycles. The van der Waals surface area contributed by atoms with Crippen LogP contribution in [0.4, 0.5) is 0 Å². The summed E-state index contributed by atoms with van der Waals surface area (Å²) in [6.07, 6.45) is 13.2. The molecule has 5 atom stereocenters. The second-order valence-electron chi connectivity index (χ2n) is 17.5. The molecule has 0 saturated heterocycles. The monoisotopic (exact) mass is 658 g/mol. The van der Waals surface area contributed by atoms with Gasteiger partial charge in [-0.2, -0.15) is 0 Å². The zero-order valence-electron chi connectivity index (χ0n) is 31.3. The summed E-state index contributed by atoms with van der Waals surface area (Å²) in [7, 11) is -3.96. The van der Waals surface area contributed by atoms with Crippen molar-refractivity contribution in [2.45, 2.75) is 168 Å². The van der Waals surface area contributed by atoms with Gasteiger partial charge < -0.3 is 18.3 Å². The van der Waals surface area contributed by atoms with Gasteiger partial charge in [0.05, 0.1) is 24.4 Å². The van der Waals surface area contributed by atoms with Crippen molar-refractivity contribution in [2.24, 2.45) is 11.3 Å². The van der Waals surface area contributed by atoms with Crippen LogP contribution >= 0.6 is 0 Å². The number of esters is 1. The Morgan fingerprint density at radius 3 is 2.20 bits per heavy atom. The van der Waals surface area contributed by atoms with Crippen molar-refractivity contribution >= 4 is 22.6 Å². The van der Waals surface area contributed by atoms with Gasteiger partial charge in [-0.25, -0.2) is 4.79 Å². The van der Waals surface area contributed by atoms with Crippen molar-refractivity contribution < 1.29 is 23.1 Å². The number of hydrogen-bond donors (Lipinski definition) is 0. The average molecular weight is 659 g/mol. The fourth-order valence-corrected chi connectivity index (χ4v) is 9.50. The minimum atomic E-state index is -2.01. The van der Waals surface area contributed by atoms with Gasteiger partial charge in [-0.15, -0.1) is 0 Å². The van der Waals surface area contributed by atoms with Gasteiger partial charge >= 0.3 is 5.97 Å². The summed E-state index contributed by atoms with van der Waals surface area (Å²) >= 11 is 0. The molecule has 0 N–H and O–H groups in total. The highest BCUT2D eigenvalue weighted by Crippen LogP contribution is 2.56. The maximum absolute atomic E-state index is 12.1. The summed E-state index contributed by atoms with van der Waals surface area (Å²) in [6, 6.07) is 0. The Morgan fingerprint density at radius 1 is 1.02 bits per heavy atom. The van der Waals surface area contributed by atoms with E-state index in [0.717, 1.165) is 44.1 Å². The molecular formula is C38H66O5Si2. The van der Waals surface area contributed by atoms with Crippen molar-refractivity contribution in [1.29, 1.82) is 0 Å². The first-order valence-corrected chi connectivity index (χ1v) is 23.3. The third-order valence-electron chi connectivity index (χ3n) is 11.6. The number of ether oxygens (including phenoxy) is 2.